The van der Waals surface area contributed by atoms with Crippen LogP contribution in [0.3, 0.4) is 0 Å². The standard InChI is InChI=1S/C19H21NO5/c21-18(22)16-8-11-24-17(16)12-14-6-9-20(10-7-14)19(23)25-13-15-4-2-1-3-5-15/h1-5,8,11,14H,6-7,9-10,12-13H2,(H,21,22). The van der Waals surface area contributed by atoms with Gasteiger partial charge in [-0.25, -0.2) is 9.59 Å². The van der Waals surface area contributed by atoms with Gasteiger partial charge in [-0.15, -0.1) is 0 Å². The molecule has 25 heavy (non-hydrogen) atoms. The van der Waals surface area contributed by atoms with Crippen molar-refractivity contribution in [2.24, 2.45) is 5.92 Å². The van der Waals surface area contributed by atoms with E-state index < -0.39 is 5.97 Å². The first-order valence-electron chi connectivity index (χ1n) is 8.39. The highest BCUT2D eigenvalue weighted by Gasteiger charge is 2.26. The van der Waals surface area contributed by atoms with Crippen molar-refractivity contribution < 1.29 is 23.8 Å². The predicted octanol–water partition coefficient (Wildman–Crippen LogP) is 3.57. The highest BCUT2D eigenvalue weighted by atomic mass is 16.6. The molecule has 1 amide bonds. The second-order valence-electron chi connectivity index (χ2n) is 6.24. The number of amides is 1. The first-order chi connectivity index (χ1) is 12.1. The van der Waals surface area contributed by atoms with E-state index in [2.05, 4.69) is 0 Å². The highest BCUT2D eigenvalue weighted by Crippen LogP contribution is 2.24. The minimum atomic E-state index is -0.967. The Labute approximate surface area is 146 Å². The highest BCUT2D eigenvalue weighted by molar-refractivity contribution is 5.88. The predicted molar refractivity (Wildman–Crippen MR) is 90.3 cm³/mol. The molecule has 1 aromatic carbocycles. The van der Waals surface area contributed by atoms with Crippen molar-refractivity contribution in [3.63, 3.8) is 0 Å². The average Bonchev–Trinajstić information content (AvgIpc) is 3.09. The Hall–Kier alpha value is -2.76. The van der Waals surface area contributed by atoms with Crippen LogP contribution < -0.4 is 0 Å². The van der Waals surface area contributed by atoms with Crippen LogP contribution in [0.2, 0.25) is 0 Å². The lowest BCUT2D eigenvalue weighted by molar-refractivity contribution is 0.0693. The molecular weight excluding hydrogens is 322 g/mol. The number of furan rings is 1. The van der Waals surface area contributed by atoms with Crippen LogP contribution in [0.15, 0.2) is 47.1 Å². The van der Waals surface area contributed by atoms with E-state index in [-0.39, 0.29) is 18.3 Å². The first-order valence-corrected chi connectivity index (χ1v) is 8.39. The number of benzene rings is 1. The molecule has 1 aliphatic heterocycles. The number of hydrogen-bond donors (Lipinski definition) is 1. The average molecular weight is 343 g/mol. The van der Waals surface area contributed by atoms with Crippen molar-refractivity contribution in [1.82, 2.24) is 4.90 Å². The van der Waals surface area contributed by atoms with Crippen LogP contribution in [0.5, 0.6) is 0 Å². The number of carboxylic acids is 1. The van der Waals surface area contributed by atoms with Crippen LogP contribution >= 0.6 is 0 Å². The van der Waals surface area contributed by atoms with Crippen molar-refractivity contribution in [2.75, 3.05) is 13.1 Å². The summed E-state index contributed by atoms with van der Waals surface area (Å²) in [6, 6.07) is 11.1. The molecule has 1 N–H and O–H groups in total. The number of carbonyl (C=O) groups is 2. The lowest BCUT2D eigenvalue weighted by Gasteiger charge is -2.31. The lowest BCUT2D eigenvalue weighted by Crippen LogP contribution is -2.39. The van der Waals surface area contributed by atoms with Gasteiger partial charge in [0.2, 0.25) is 0 Å². The summed E-state index contributed by atoms with van der Waals surface area (Å²) in [5.41, 5.74) is 1.19. The van der Waals surface area contributed by atoms with Gasteiger partial charge in [-0.05, 0) is 30.4 Å². The summed E-state index contributed by atoms with van der Waals surface area (Å²) in [5, 5.41) is 9.12. The molecule has 0 saturated carbocycles. The fourth-order valence-corrected chi connectivity index (χ4v) is 3.08. The van der Waals surface area contributed by atoms with Gasteiger partial charge in [0.15, 0.2) is 0 Å². The number of carboxylic acid groups (broad SMARTS) is 1. The smallest absolute Gasteiger partial charge is 0.410 e. The molecule has 0 unspecified atom stereocenters. The molecule has 1 aliphatic rings. The van der Waals surface area contributed by atoms with Crippen LogP contribution in [0.4, 0.5) is 4.79 Å². The Bertz CT molecular complexity index is 716. The topological polar surface area (TPSA) is 80.0 Å². The number of likely N-dealkylation sites (tertiary alicyclic amines) is 1. The Morgan fingerprint density at radius 2 is 1.88 bits per heavy atom. The van der Waals surface area contributed by atoms with E-state index in [1.807, 2.05) is 30.3 Å². The van der Waals surface area contributed by atoms with Crippen molar-refractivity contribution in [3.8, 4) is 0 Å². The van der Waals surface area contributed by atoms with Crippen molar-refractivity contribution in [2.45, 2.75) is 25.9 Å². The summed E-state index contributed by atoms with van der Waals surface area (Å²) in [5.74, 6) is -0.147. The molecule has 0 aliphatic carbocycles. The SMILES string of the molecule is O=C(O)c1ccoc1CC1CCN(C(=O)OCc2ccccc2)CC1. The van der Waals surface area contributed by atoms with E-state index in [0.717, 1.165) is 18.4 Å². The van der Waals surface area contributed by atoms with Gasteiger partial charge in [0.05, 0.1) is 6.26 Å². The summed E-state index contributed by atoms with van der Waals surface area (Å²) >= 11 is 0. The zero-order chi connectivity index (χ0) is 17.6. The number of rotatable bonds is 5. The molecule has 6 nitrogen and oxygen atoms in total. The van der Waals surface area contributed by atoms with Gasteiger partial charge in [0, 0.05) is 19.5 Å². The van der Waals surface area contributed by atoms with E-state index in [4.69, 9.17) is 14.3 Å². The van der Waals surface area contributed by atoms with Crippen molar-refractivity contribution in [3.05, 3.63) is 59.5 Å². The molecule has 1 aromatic heterocycles. The molecule has 0 radical (unpaired) electrons. The molecule has 132 valence electrons. The fourth-order valence-electron chi connectivity index (χ4n) is 3.08. The number of carbonyl (C=O) groups excluding carboxylic acids is 1. The third-order valence-electron chi connectivity index (χ3n) is 4.53. The summed E-state index contributed by atoms with van der Waals surface area (Å²) < 4.78 is 10.7. The van der Waals surface area contributed by atoms with Gasteiger partial charge in [-0.1, -0.05) is 30.3 Å². The number of piperidine rings is 1. The lowest BCUT2D eigenvalue weighted by atomic mass is 9.92. The normalized spacial score (nSPS) is 15.1. The molecule has 1 saturated heterocycles. The number of nitrogens with zero attached hydrogens (tertiary/aromatic N) is 1. The Morgan fingerprint density at radius 1 is 1.16 bits per heavy atom. The van der Waals surface area contributed by atoms with Gasteiger partial charge in [-0.3, -0.25) is 0 Å². The van der Waals surface area contributed by atoms with Crippen LogP contribution in [-0.4, -0.2) is 35.2 Å². The molecule has 2 aromatic rings. The number of ether oxygens (including phenoxy) is 1. The maximum absolute atomic E-state index is 12.1. The number of hydrogen-bond acceptors (Lipinski definition) is 4. The molecule has 1 fully saturated rings. The van der Waals surface area contributed by atoms with Crippen LogP contribution in [0.25, 0.3) is 0 Å². The third-order valence-corrected chi connectivity index (χ3v) is 4.53. The molecule has 3 rings (SSSR count). The zero-order valence-corrected chi connectivity index (χ0v) is 13.9. The van der Waals surface area contributed by atoms with E-state index in [9.17, 15) is 9.59 Å². The van der Waals surface area contributed by atoms with Gasteiger partial charge in [0.1, 0.15) is 17.9 Å². The van der Waals surface area contributed by atoms with E-state index >= 15 is 0 Å². The fraction of sp³-hybridized carbons (Fsp3) is 0.368. The Kier molecular flexibility index (Phi) is 5.38. The monoisotopic (exact) mass is 343 g/mol. The largest absolute Gasteiger partial charge is 0.478 e. The molecule has 0 atom stereocenters. The van der Waals surface area contributed by atoms with Gasteiger partial charge in [0.25, 0.3) is 0 Å². The van der Waals surface area contributed by atoms with Crippen LogP contribution in [-0.2, 0) is 17.8 Å². The Morgan fingerprint density at radius 3 is 2.56 bits per heavy atom. The molecule has 0 spiro atoms. The summed E-state index contributed by atoms with van der Waals surface area (Å²) in [7, 11) is 0. The van der Waals surface area contributed by atoms with Crippen molar-refractivity contribution in [1.29, 1.82) is 0 Å². The molecule has 0 bridgehead atoms. The van der Waals surface area contributed by atoms with Gasteiger partial charge in [-0.2, -0.15) is 0 Å². The second-order valence-corrected chi connectivity index (χ2v) is 6.24. The van der Waals surface area contributed by atoms with Crippen LogP contribution in [0, 0.1) is 5.92 Å². The molecular formula is C19H21NO5. The van der Waals surface area contributed by atoms with Crippen LogP contribution in [0.1, 0.15) is 34.5 Å². The quantitative estimate of drug-likeness (QED) is 0.898. The summed E-state index contributed by atoms with van der Waals surface area (Å²) in [6.45, 7) is 1.50. The van der Waals surface area contributed by atoms with E-state index in [1.54, 1.807) is 4.90 Å². The summed E-state index contributed by atoms with van der Waals surface area (Å²) in [4.78, 5) is 25.0. The van der Waals surface area contributed by atoms with Gasteiger partial charge >= 0.3 is 12.1 Å². The minimum absolute atomic E-state index is 0.227. The van der Waals surface area contributed by atoms with E-state index in [1.165, 1.54) is 12.3 Å². The Balaban J connectivity index is 1.46. The zero-order valence-electron chi connectivity index (χ0n) is 13.9. The number of aromatic carboxylic acids is 1. The second kappa shape index (κ2) is 7.88. The summed E-state index contributed by atoms with van der Waals surface area (Å²) in [6.07, 6.45) is 3.31. The van der Waals surface area contributed by atoms with Gasteiger partial charge < -0.3 is 19.2 Å². The maximum Gasteiger partial charge on any atom is 0.410 e. The maximum atomic E-state index is 12.1. The van der Waals surface area contributed by atoms with E-state index in [0.29, 0.717) is 31.2 Å². The van der Waals surface area contributed by atoms with Crippen molar-refractivity contribution >= 4 is 12.1 Å². The third kappa shape index (κ3) is 4.41. The minimum Gasteiger partial charge on any atom is -0.478 e. The first kappa shape index (κ1) is 17.1. The molecule has 6 heteroatoms. The molecule has 2 heterocycles.